The third-order valence-corrected chi connectivity index (χ3v) is 6.89. The van der Waals surface area contributed by atoms with Crippen LogP contribution < -0.4 is 4.31 Å². The van der Waals surface area contributed by atoms with Crippen molar-refractivity contribution in [1.29, 1.82) is 0 Å². The second-order valence-corrected chi connectivity index (χ2v) is 9.05. The van der Waals surface area contributed by atoms with Gasteiger partial charge in [0, 0.05) is 25.1 Å². The molecule has 1 aromatic rings. The molecule has 3 rings (SSSR count). The lowest BCUT2D eigenvalue weighted by Crippen LogP contribution is -2.40. The molecule has 0 spiro atoms. The van der Waals surface area contributed by atoms with Crippen molar-refractivity contribution >= 4 is 45.1 Å². The van der Waals surface area contributed by atoms with E-state index in [4.69, 9.17) is 16.3 Å². The van der Waals surface area contributed by atoms with Crippen LogP contribution >= 0.6 is 11.6 Å². The van der Waals surface area contributed by atoms with Gasteiger partial charge in [0.05, 0.1) is 29.0 Å². The van der Waals surface area contributed by atoms with E-state index >= 15 is 0 Å². The van der Waals surface area contributed by atoms with Crippen molar-refractivity contribution in [1.82, 2.24) is 4.90 Å². The molecule has 2 saturated heterocycles. The topological polar surface area (TPSA) is 101 Å². The molecule has 28 heavy (non-hydrogen) atoms. The smallest absolute Gasteiger partial charge is 0.309 e. The zero-order valence-corrected chi connectivity index (χ0v) is 17.0. The van der Waals surface area contributed by atoms with Crippen LogP contribution in [0.5, 0.6) is 0 Å². The highest BCUT2D eigenvalue weighted by molar-refractivity contribution is 7.94. The quantitative estimate of drug-likeness (QED) is 0.678. The number of likely N-dealkylation sites (tertiary alicyclic amines) is 1. The Bertz CT molecular complexity index is 909. The number of hydrogen-bond donors (Lipinski definition) is 0. The lowest BCUT2D eigenvalue weighted by molar-refractivity contribution is -0.149. The van der Waals surface area contributed by atoms with E-state index in [1.54, 1.807) is 11.8 Å². The van der Waals surface area contributed by atoms with Crippen LogP contribution in [0.4, 0.5) is 5.69 Å². The summed E-state index contributed by atoms with van der Waals surface area (Å²) in [7, 11) is -3.78. The SMILES string of the molecule is CCOC(=O)C1CCN(C(=O)c2ccc(Cl)c(N3C(=O)CCS3(=O)=O)c2)CC1. The molecule has 0 bridgehead atoms. The van der Waals surface area contributed by atoms with Crippen LogP contribution in [0.1, 0.15) is 36.5 Å². The van der Waals surface area contributed by atoms with Gasteiger partial charge in [-0.1, -0.05) is 11.6 Å². The molecular formula is C18H21ClN2O6S. The van der Waals surface area contributed by atoms with Gasteiger partial charge < -0.3 is 9.64 Å². The first-order valence-corrected chi connectivity index (χ1v) is 11.0. The van der Waals surface area contributed by atoms with Crippen molar-refractivity contribution in [2.24, 2.45) is 5.92 Å². The van der Waals surface area contributed by atoms with Gasteiger partial charge in [-0.25, -0.2) is 12.7 Å². The minimum atomic E-state index is -3.78. The highest BCUT2D eigenvalue weighted by atomic mass is 35.5. The Labute approximate surface area is 168 Å². The molecule has 8 nitrogen and oxygen atoms in total. The first-order chi connectivity index (χ1) is 13.2. The number of sulfonamides is 1. The fraction of sp³-hybridized carbons (Fsp3) is 0.500. The van der Waals surface area contributed by atoms with Crippen LogP contribution in [0, 0.1) is 5.92 Å². The highest BCUT2D eigenvalue weighted by Gasteiger charge is 2.38. The second kappa shape index (κ2) is 8.08. The van der Waals surface area contributed by atoms with Gasteiger partial charge in [0.1, 0.15) is 0 Å². The maximum absolute atomic E-state index is 12.8. The first-order valence-electron chi connectivity index (χ1n) is 9.06. The van der Waals surface area contributed by atoms with E-state index in [1.807, 2.05) is 0 Å². The largest absolute Gasteiger partial charge is 0.466 e. The summed E-state index contributed by atoms with van der Waals surface area (Å²) in [5.41, 5.74) is 0.236. The fourth-order valence-electron chi connectivity index (χ4n) is 3.41. The summed E-state index contributed by atoms with van der Waals surface area (Å²) in [6, 6.07) is 4.25. The van der Waals surface area contributed by atoms with Gasteiger partial charge in [-0.2, -0.15) is 0 Å². The first kappa shape index (κ1) is 20.6. The highest BCUT2D eigenvalue weighted by Crippen LogP contribution is 2.33. The average Bonchev–Trinajstić information content (AvgIpc) is 2.94. The summed E-state index contributed by atoms with van der Waals surface area (Å²) in [5, 5.41) is 0.0800. The number of nitrogens with zero attached hydrogens (tertiary/aromatic N) is 2. The van der Waals surface area contributed by atoms with E-state index in [2.05, 4.69) is 0 Å². The molecule has 10 heteroatoms. The zero-order valence-electron chi connectivity index (χ0n) is 15.4. The van der Waals surface area contributed by atoms with E-state index in [9.17, 15) is 22.8 Å². The molecule has 0 aliphatic carbocycles. The molecular weight excluding hydrogens is 408 g/mol. The predicted octanol–water partition coefficient (Wildman–Crippen LogP) is 1.82. The van der Waals surface area contributed by atoms with Gasteiger partial charge in [0.2, 0.25) is 15.9 Å². The molecule has 0 saturated carbocycles. The lowest BCUT2D eigenvalue weighted by atomic mass is 9.96. The van der Waals surface area contributed by atoms with Crippen LogP contribution in [-0.2, 0) is 24.3 Å². The molecule has 0 aromatic heterocycles. The van der Waals surface area contributed by atoms with E-state index in [0.717, 1.165) is 0 Å². The van der Waals surface area contributed by atoms with Gasteiger partial charge >= 0.3 is 5.97 Å². The Morgan fingerprint density at radius 1 is 1.25 bits per heavy atom. The Kier molecular flexibility index (Phi) is 5.95. The molecule has 152 valence electrons. The molecule has 2 fully saturated rings. The Morgan fingerprint density at radius 2 is 1.93 bits per heavy atom. The monoisotopic (exact) mass is 428 g/mol. The summed E-state index contributed by atoms with van der Waals surface area (Å²) in [6.07, 6.45) is 0.895. The minimum Gasteiger partial charge on any atom is -0.466 e. The average molecular weight is 429 g/mol. The van der Waals surface area contributed by atoms with Crippen LogP contribution in [0.2, 0.25) is 5.02 Å². The number of esters is 1. The maximum atomic E-state index is 12.8. The number of ether oxygens (including phenoxy) is 1. The summed E-state index contributed by atoms with van der Waals surface area (Å²) in [5.74, 6) is -1.62. The molecule has 0 atom stereocenters. The normalized spacial score (nSPS) is 19.7. The lowest BCUT2D eigenvalue weighted by Gasteiger charge is -2.31. The number of benzene rings is 1. The van der Waals surface area contributed by atoms with E-state index in [0.29, 0.717) is 36.8 Å². The predicted molar refractivity (Wildman–Crippen MR) is 103 cm³/mol. The number of carbonyl (C=O) groups is 3. The standard InChI is InChI=1S/C18H21ClN2O6S/c1-2-27-18(24)12-5-8-20(9-6-12)17(23)13-3-4-14(19)15(11-13)21-16(22)7-10-28(21,25)26/h3-4,11-12H,2,5-10H2,1H3. The Hall–Kier alpha value is -2.13. The van der Waals surface area contributed by atoms with Crippen molar-refractivity contribution in [3.63, 3.8) is 0 Å². The van der Waals surface area contributed by atoms with E-state index < -0.39 is 15.9 Å². The maximum Gasteiger partial charge on any atom is 0.309 e. The molecule has 0 radical (unpaired) electrons. The van der Waals surface area contributed by atoms with Crippen LogP contribution in [0.15, 0.2) is 18.2 Å². The summed E-state index contributed by atoms with van der Waals surface area (Å²) in [4.78, 5) is 38.3. The minimum absolute atomic E-state index is 0.00331. The van der Waals surface area contributed by atoms with Crippen molar-refractivity contribution in [2.75, 3.05) is 29.8 Å². The summed E-state index contributed by atoms with van der Waals surface area (Å²) in [6.45, 7) is 2.85. The molecule has 2 aliphatic rings. The van der Waals surface area contributed by atoms with Gasteiger partial charge in [0.15, 0.2) is 0 Å². The number of carbonyl (C=O) groups excluding carboxylic acids is 3. The molecule has 2 amide bonds. The molecule has 0 unspecified atom stereocenters. The Morgan fingerprint density at radius 3 is 2.50 bits per heavy atom. The molecule has 1 aromatic carbocycles. The van der Waals surface area contributed by atoms with Gasteiger partial charge in [0.25, 0.3) is 5.91 Å². The summed E-state index contributed by atoms with van der Waals surface area (Å²) < 4.78 is 30.0. The van der Waals surface area contributed by atoms with Crippen molar-refractivity contribution in [3.8, 4) is 0 Å². The summed E-state index contributed by atoms with van der Waals surface area (Å²) >= 11 is 6.11. The van der Waals surface area contributed by atoms with Crippen molar-refractivity contribution in [2.45, 2.75) is 26.2 Å². The van der Waals surface area contributed by atoms with Crippen LogP contribution in [0.3, 0.4) is 0 Å². The van der Waals surface area contributed by atoms with Gasteiger partial charge in [-0.3, -0.25) is 14.4 Å². The number of hydrogen-bond acceptors (Lipinski definition) is 6. The van der Waals surface area contributed by atoms with Crippen LogP contribution in [0.25, 0.3) is 0 Å². The Balaban J connectivity index is 1.77. The number of piperidine rings is 1. The van der Waals surface area contributed by atoms with Crippen molar-refractivity contribution in [3.05, 3.63) is 28.8 Å². The zero-order chi connectivity index (χ0) is 20.5. The van der Waals surface area contributed by atoms with E-state index in [-0.39, 0.29) is 46.2 Å². The van der Waals surface area contributed by atoms with E-state index in [1.165, 1.54) is 18.2 Å². The van der Waals surface area contributed by atoms with Gasteiger partial charge in [-0.15, -0.1) is 0 Å². The molecule has 0 N–H and O–H groups in total. The van der Waals surface area contributed by atoms with Gasteiger partial charge in [-0.05, 0) is 38.0 Å². The third kappa shape index (κ3) is 4.00. The molecule has 2 aliphatic heterocycles. The number of amides is 2. The fourth-order valence-corrected chi connectivity index (χ4v) is 5.13. The number of rotatable bonds is 4. The van der Waals surface area contributed by atoms with Crippen molar-refractivity contribution < 1.29 is 27.5 Å². The van der Waals surface area contributed by atoms with Crippen LogP contribution in [-0.4, -0.2) is 56.6 Å². The third-order valence-electron chi connectivity index (χ3n) is 4.89. The molecule has 2 heterocycles. The number of halogens is 1. The second-order valence-electron chi connectivity index (χ2n) is 6.71. The number of anilines is 1.